The second kappa shape index (κ2) is 6.28. The number of aryl methyl sites for hydroxylation is 2. The molecule has 0 radical (unpaired) electrons. The molecule has 1 aromatic rings. The summed E-state index contributed by atoms with van der Waals surface area (Å²) in [4.78, 5) is 0. The summed E-state index contributed by atoms with van der Waals surface area (Å²) in [6, 6.07) is 0. The Morgan fingerprint density at radius 3 is 2.62 bits per heavy atom. The van der Waals surface area contributed by atoms with Crippen LogP contribution >= 0.6 is 11.6 Å². The van der Waals surface area contributed by atoms with Crippen LogP contribution in [0.2, 0.25) is 5.28 Å². The maximum Gasteiger partial charge on any atom is 0.354 e. The topological polar surface area (TPSA) is 8.81 Å². The summed E-state index contributed by atoms with van der Waals surface area (Å²) in [6.45, 7) is 6.33. The third-order valence-corrected chi connectivity index (χ3v) is 2.26. The highest BCUT2D eigenvalue weighted by atomic mass is 35.5. The van der Waals surface area contributed by atoms with E-state index < -0.39 is 0 Å². The lowest BCUT2D eigenvalue weighted by Crippen LogP contribution is -3.00. The van der Waals surface area contributed by atoms with Crippen molar-refractivity contribution in [3.8, 4) is 0 Å². The van der Waals surface area contributed by atoms with E-state index in [9.17, 15) is 0 Å². The summed E-state index contributed by atoms with van der Waals surface area (Å²) in [7, 11) is 0. The Morgan fingerprint density at radius 2 is 2.08 bits per heavy atom. The standard InChI is InChI=1S/C9H16ClN2.ClH/c1-3-5-11-7-8-12(6-4-2)9(11)10;/h7-8H,3-6H2,1-2H3;1H/q+1;/p-1. The molecular weight excluding hydrogens is 207 g/mol. The van der Waals surface area contributed by atoms with Crippen LogP contribution in [0.4, 0.5) is 0 Å². The lowest BCUT2D eigenvalue weighted by atomic mass is 10.5. The summed E-state index contributed by atoms with van der Waals surface area (Å²) >= 11 is 6.11. The molecule has 0 saturated heterocycles. The molecule has 0 atom stereocenters. The smallest absolute Gasteiger partial charge is 0.354 e. The van der Waals surface area contributed by atoms with Crippen LogP contribution in [0.25, 0.3) is 0 Å². The fourth-order valence-electron chi connectivity index (χ4n) is 1.26. The Labute approximate surface area is 90.9 Å². The summed E-state index contributed by atoms with van der Waals surface area (Å²) < 4.78 is 4.16. The maximum absolute atomic E-state index is 6.11. The minimum Gasteiger partial charge on any atom is -1.00 e. The minimum absolute atomic E-state index is 0. The van der Waals surface area contributed by atoms with Crippen LogP contribution in [-0.4, -0.2) is 4.57 Å². The fourth-order valence-corrected chi connectivity index (χ4v) is 1.55. The number of halogens is 2. The fraction of sp³-hybridized carbons (Fsp3) is 0.667. The molecule has 0 spiro atoms. The monoisotopic (exact) mass is 222 g/mol. The van der Waals surface area contributed by atoms with Crippen LogP contribution in [0.1, 0.15) is 26.7 Å². The molecule has 0 aliphatic heterocycles. The van der Waals surface area contributed by atoms with E-state index in [4.69, 9.17) is 11.6 Å². The first-order valence-electron chi connectivity index (χ1n) is 4.53. The van der Waals surface area contributed by atoms with Gasteiger partial charge in [0.05, 0.1) is 13.1 Å². The van der Waals surface area contributed by atoms with Gasteiger partial charge in [-0.2, -0.15) is 0 Å². The first kappa shape index (κ1) is 12.8. The minimum atomic E-state index is 0. The molecule has 0 fully saturated rings. The average molecular weight is 223 g/mol. The van der Waals surface area contributed by atoms with E-state index in [1.165, 1.54) is 0 Å². The second-order valence-electron chi connectivity index (χ2n) is 2.95. The molecule has 2 nitrogen and oxygen atoms in total. The first-order valence-corrected chi connectivity index (χ1v) is 4.91. The van der Waals surface area contributed by atoms with Crippen molar-refractivity contribution in [1.82, 2.24) is 4.57 Å². The normalized spacial score (nSPS) is 9.77. The maximum atomic E-state index is 6.11. The van der Waals surface area contributed by atoms with Crippen LogP contribution in [0, 0.1) is 0 Å². The van der Waals surface area contributed by atoms with E-state index in [-0.39, 0.29) is 12.4 Å². The first-order chi connectivity index (χ1) is 5.79. The van der Waals surface area contributed by atoms with E-state index in [1.807, 2.05) is 12.4 Å². The van der Waals surface area contributed by atoms with E-state index in [2.05, 4.69) is 23.0 Å². The molecule has 76 valence electrons. The zero-order valence-electron chi connectivity index (χ0n) is 8.13. The van der Waals surface area contributed by atoms with Crippen molar-refractivity contribution < 1.29 is 17.0 Å². The van der Waals surface area contributed by atoms with Crippen molar-refractivity contribution in [1.29, 1.82) is 0 Å². The number of hydrogen-bond acceptors (Lipinski definition) is 0. The molecule has 0 bridgehead atoms. The molecule has 0 N–H and O–H groups in total. The predicted molar refractivity (Wildman–Crippen MR) is 50.2 cm³/mol. The molecule has 0 aromatic carbocycles. The molecule has 1 aromatic heterocycles. The molecule has 0 saturated carbocycles. The van der Waals surface area contributed by atoms with Crippen molar-refractivity contribution in [3.05, 3.63) is 17.7 Å². The van der Waals surface area contributed by atoms with Crippen molar-refractivity contribution >= 4 is 11.6 Å². The van der Waals surface area contributed by atoms with Crippen molar-refractivity contribution in [2.75, 3.05) is 0 Å². The highest BCUT2D eigenvalue weighted by molar-refractivity contribution is 6.27. The number of aromatic nitrogens is 2. The van der Waals surface area contributed by atoms with Gasteiger partial charge >= 0.3 is 5.28 Å². The van der Waals surface area contributed by atoms with Gasteiger partial charge in [0.25, 0.3) is 0 Å². The second-order valence-corrected chi connectivity index (χ2v) is 3.29. The van der Waals surface area contributed by atoms with Gasteiger partial charge in [0.1, 0.15) is 12.4 Å². The Bertz CT molecular complexity index is 222. The number of nitrogens with zero attached hydrogens (tertiary/aromatic N) is 2. The SMILES string of the molecule is CCCn1cc[n+](CCC)c1Cl.[Cl-]. The van der Waals surface area contributed by atoms with E-state index in [0.717, 1.165) is 31.2 Å². The largest absolute Gasteiger partial charge is 1.00 e. The van der Waals surface area contributed by atoms with E-state index in [0.29, 0.717) is 0 Å². The molecule has 0 aliphatic rings. The molecule has 1 rings (SSSR count). The summed E-state index contributed by atoms with van der Waals surface area (Å²) in [5, 5.41) is 0.846. The average Bonchev–Trinajstić information content (AvgIpc) is 2.38. The molecule has 4 heteroatoms. The van der Waals surface area contributed by atoms with Crippen molar-refractivity contribution in [2.24, 2.45) is 0 Å². The molecule has 0 unspecified atom stereocenters. The number of hydrogen-bond donors (Lipinski definition) is 0. The van der Waals surface area contributed by atoms with Crippen LogP contribution < -0.4 is 17.0 Å². The Hall–Kier alpha value is -0.210. The molecular formula is C9H16Cl2N2. The summed E-state index contributed by atoms with van der Waals surface area (Å²) in [6.07, 6.45) is 6.34. The molecule has 0 aliphatic carbocycles. The van der Waals surface area contributed by atoms with Crippen molar-refractivity contribution in [3.63, 3.8) is 0 Å². The zero-order valence-corrected chi connectivity index (χ0v) is 9.65. The summed E-state index contributed by atoms with van der Waals surface area (Å²) in [5.41, 5.74) is 0. The molecule has 13 heavy (non-hydrogen) atoms. The van der Waals surface area contributed by atoms with Crippen LogP contribution in [0.15, 0.2) is 12.4 Å². The highest BCUT2D eigenvalue weighted by Crippen LogP contribution is 2.04. The van der Waals surface area contributed by atoms with Gasteiger partial charge in [0.2, 0.25) is 0 Å². The van der Waals surface area contributed by atoms with Gasteiger partial charge in [0, 0.05) is 11.6 Å². The van der Waals surface area contributed by atoms with Gasteiger partial charge in [-0.15, -0.1) is 0 Å². The van der Waals surface area contributed by atoms with Crippen LogP contribution in [0.3, 0.4) is 0 Å². The van der Waals surface area contributed by atoms with E-state index in [1.54, 1.807) is 0 Å². The van der Waals surface area contributed by atoms with Gasteiger partial charge < -0.3 is 12.4 Å². The van der Waals surface area contributed by atoms with Gasteiger partial charge in [-0.3, -0.25) is 0 Å². The summed E-state index contributed by atoms with van der Waals surface area (Å²) in [5.74, 6) is 0. The number of imidazole rings is 1. The van der Waals surface area contributed by atoms with Gasteiger partial charge in [0.15, 0.2) is 0 Å². The third-order valence-electron chi connectivity index (χ3n) is 1.83. The quantitative estimate of drug-likeness (QED) is 0.594. The Kier molecular flexibility index (Phi) is 6.17. The zero-order chi connectivity index (χ0) is 8.97. The number of rotatable bonds is 4. The third kappa shape index (κ3) is 3.20. The Morgan fingerprint density at radius 1 is 1.38 bits per heavy atom. The molecule has 1 heterocycles. The lowest BCUT2D eigenvalue weighted by Gasteiger charge is -1.95. The predicted octanol–water partition coefficient (Wildman–Crippen LogP) is -0.747. The molecule has 0 amide bonds. The van der Waals surface area contributed by atoms with Crippen LogP contribution in [0.5, 0.6) is 0 Å². The van der Waals surface area contributed by atoms with Gasteiger partial charge in [-0.25, -0.2) is 9.13 Å². The van der Waals surface area contributed by atoms with Crippen LogP contribution in [-0.2, 0) is 13.1 Å². The van der Waals surface area contributed by atoms with E-state index >= 15 is 0 Å². The Balaban J connectivity index is 0.00000144. The van der Waals surface area contributed by atoms with Crippen molar-refractivity contribution in [2.45, 2.75) is 39.8 Å². The lowest BCUT2D eigenvalue weighted by molar-refractivity contribution is -0.694. The highest BCUT2D eigenvalue weighted by Gasteiger charge is 2.11. The van der Waals surface area contributed by atoms with Gasteiger partial charge in [-0.05, 0) is 12.8 Å². The van der Waals surface area contributed by atoms with Gasteiger partial charge in [-0.1, -0.05) is 13.8 Å².